The number of hydrogen-bond donors (Lipinski definition) is 4. The molecule has 2 rings (SSSR count). The van der Waals surface area contributed by atoms with Gasteiger partial charge in [0.25, 0.3) is 5.91 Å². The molecule has 0 aliphatic heterocycles. The summed E-state index contributed by atoms with van der Waals surface area (Å²) >= 11 is 0. The van der Waals surface area contributed by atoms with E-state index in [2.05, 4.69) is 16.0 Å². The molecule has 4 N–H and O–H groups in total. The van der Waals surface area contributed by atoms with Crippen molar-refractivity contribution in [1.29, 1.82) is 0 Å². The average Bonchev–Trinajstić information content (AvgIpc) is 2.72. The van der Waals surface area contributed by atoms with Crippen LogP contribution in [0.3, 0.4) is 0 Å². The fraction of sp³-hybridized carbons (Fsp3) is 0.250. The summed E-state index contributed by atoms with van der Waals surface area (Å²) in [5.41, 5.74) is 1.06. The second kappa shape index (κ2) is 10.8. The van der Waals surface area contributed by atoms with Crippen LogP contribution in [-0.2, 0) is 14.3 Å². The highest BCUT2D eigenvalue weighted by molar-refractivity contribution is 6.40. The molecule has 0 bridgehead atoms. The Morgan fingerprint density at radius 3 is 2.36 bits per heavy atom. The van der Waals surface area contributed by atoms with Gasteiger partial charge in [0.1, 0.15) is 0 Å². The molecule has 1 atom stereocenters. The van der Waals surface area contributed by atoms with Crippen LogP contribution in [0.25, 0.3) is 0 Å². The molecular formula is C20H23N3O5. The summed E-state index contributed by atoms with van der Waals surface area (Å²) in [6.07, 6.45) is -0.934. The van der Waals surface area contributed by atoms with Crippen LogP contribution in [0, 0.1) is 0 Å². The van der Waals surface area contributed by atoms with Crippen molar-refractivity contribution in [2.75, 3.05) is 32.1 Å². The van der Waals surface area contributed by atoms with Gasteiger partial charge in [0, 0.05) is 20.2 Å². The number of aliphatic hydroxyl groups excluding tert-OH is 1. The van der Waals surface area contributed by atoms with E-state index in [4.69, 9.17) is 4.74 Å². The number of hydrogen-bond acceptors (Lipinski definition) is 5. The van der Waals surface area contributed by atoms with Crippen LogP contribution in [0.2, 0.25) is 0 Å². The third-order valence-electron chi connectivity index (χ3n) is 3.86. The lowest BCUT2D eigenvalue weighted by molar-refractivity contribution is -0.136. The van der Waals surface area contributed by atoms with E-state index in [-0.39, 0.29) is 17.8 Å². The first-order chi connectivity index (χ1) is 13.5. The van der Waals surface area contributed by atoms with Gasteiger partial charge in [0.15, 0.2) is 0 Å². The van der Waals surface area contributed by atoms with Crippen molar-refractivity contribution < 1.29 is 24.2 Å². The topological polar surface area (TPSA) is 117 Å². The van der Waals surface area contributed by atoms with Crippen LogP contribution in [0.4, 0.5) is 5.69 Å². The van der Waals surface area contributed by atoms with Crippen LogP contribution >= 0.6 is 0 Å². The Morgan fingerprint density at radius 2 is 1.64 bits per heavy atom. The van der Waals surface area contributed by atoms with Gasteiger partial charge in [-0.2, -0.15) is 0 Å². The maximum absolute atomic E-state index is 12.2. The Balaban J connectivity index is 1.93. The van der Waals surface area contributed by atoms with Gasteiger partial charge < -0.3 is 25.8 Å². The monoisotopic (exact) mass is 385 g/mol. The van der Waals surface area contributed by atoms with Crippen LogP contribution in [-0.4, -0.2) is 49.6 Å². The smallest absolute Gasteiger partial charge is 0.313 e. The van der Waals surface area contributed by atoms with Crippen molar-refractivity contribution in [2.45, 2.75) is 6.10 Å². The van der Waals surface area contributed by atoms with Gasteiger partial charge in [-0.1, -0.05) is 42.5 Å². The number of rotatable bonds is 8. The van der Waals surface area contributed by atoms with E-state index in [0.717, 1.165) is 0 Å². The van der Waals surface area contributed by atoms with E-state index in [1.807, 2.05) is 6.07 Å². The Morgan fingerprint density at radius 1 is 0.964 bits per heavy atom. The standard InChI is InChI=1S/C20H23N3O5/c1-28-12-11-21-18(25)15-9-5-6-10-16(15)23-20(27)19(26)22-13-17(24)14-7-3-2-4-8-14/h2-10,17,24H,11-13H2,1H3,(H,21,25)(H,22,26)(H,23,27). The van der Waals surface area contributed by atoms with Crippen LogP contribution in [0.15, 0.2) is 54.6 Å². The SMILES string of the molecule is COCCNC(=O)c1ccccc1NC(=O)C(=O)NCC(O)c1ccccc1. The zero-order chi connectivity index (χ0) is 20.4. The van der Waals surface area contributed by atoms with Crippen LogP contribution in [0.1, 0.15) is 22.0 Å². The fourth-order valence-corrected chi connectivity index (χ4v) is 2.39. The first-order valence-corrected chi connectivity index (χ1v) is 8.71. The number of nitrogens with one attached hydrogen (secondary N) is 3. The molecule has 2 aromatic carbocycles. The Kier molecular flexibility index (Phi) is 8.13. The van der Waals surface area contributed by atoms with E-state index in [9.17, 15) is 19.5 Å². The number of ether oxygens (including phenoxy) is 1. The second-order valence-electron chi connectivity index (χ2n) is 5.88. The molecule has 0 aromatic heterocycles. The summed E-state index contributed by atoms with van der Waals surface area (Å²) in [4.78, 5) is 36.4. The number of aliphatic hydroxyl groups is 1. The van der Waals surface area contributed by atoms with Gasteiger partial charge in [-0.25, -0.2) is 0 Å². The largest absolute Gasteiger partial charge is 0.387 e. The van der Waals surface area contributed by atoms with Crippen molar-refractivity contribution in [1.82, 2.24) is 10.6 Å². The van der Waals surface area contributed by atoms with E-state index < -0.39 is 23.8 Å². The highest BCUT2D eigenvalue weighted by Crippen LogP contribution is 2.15. The van der Waals surface area contributed by atoms with Crippen LogP contribution in [0.5, 0.6) is 0 Å². The summed E-state index contributed by atoms with van der Waals surface area (Å²) in [5.74, 6) is -2.24. The van der Waals surface area contributed by atoms with E-state index >= 15 is 0 Å². The summed E-state index contributed by atoms with van der Waals surface area (Å²) in [5, 5.41) is 17.5. The van der Waals surface area contributed by atoms with Gasteiger partial charge in [0.2, 0.25) is 0 Å². The molecular weight excluding hydrogens is 362 g/mol. The van der Waals surface area contributed by atoms with Crippen molar-refractivity contribution in [3.63, 3.8) is 0 Å². The highest BCUT2D eigenvalue weighted by Gasteiger charge is 2.18. The first-order valence-electron chi connectivity index (χ1n) is 8.71. The zero-order valence-corrected chi connectivity index (χ0v) is 15.5. The van der Waals surface area contributed by atoms with Gasteiger partial charge in [-0.15, -0.1) is 0 Å². The number of amides is 3. The molecule has 0 heterocycles. The van der Waals surface area contributed by atoms with Gasteiger partial charge in [-0.3, -0.25) is 14.4 Å². The molecule has 3 amide bonds. The minimum absolute atomic E-state index is 0.116. The maximum Gasteiger partial charge on any atom is 0.313 e. The maximum atomic E-state index is 12.2. The summed E-state index contributed by atoms with van der Waals surface area (Å²) < 4.78 is 4.87. The lowest BCUT2D eigenvalue weighted by atomic mass is 10.1. The molecule has 8 heteroatoms. The molecule has 0 fully saturated rings. The van der Waals surface area contributed by atoms with Gasteiger partial charge in [0.05, 0.1) is 24.0 Å². The quantitative estimate of drug-likeness (QED) is 0.397. The Labute approximate surface area is 162 Å². The highest BCUT2D eigenvalue weighted by atomic mass is 16.5. The summed E-state index contributed by atoms with van der Waals surface area (Å²) in [6, 6.07) is 15.1. The molecule has 2 aromatic rings. The minimum atomic E-state index is -0.934. The fourth-order valence-electron chi connectivity index (χ4n) is 2.39. The lowest BCUT2D eigenvalue weighted by Gasteiger charge is -2.13. The van der Waals surface area contributed by atoms with Crippen molar-refractivity contribution in [3.8, 4) is 0 Å². The molecule has 0 radical (unpaired) electrons. The minimum Gasteiger partial charge on any atom is -0.387 e. The number of benzene rings is 2. The predicted molar refractivity (Wildman–Crippen MR) is 104 cm³/mol. The summed E-state index contributed by atoms with van der Waals surface area (Å²) in [7, 11) is 1.52. The van der Waals surface area contributed by atoms with E-state index in [1.54, 1.807) is 36.4 Å². The molecule has 1 unspecified atom stereocenters. The molecule has 0 saturated carbocycles. The molecule has 0 spiro atoms. The van der Waals surface area contributed by atoms with Crippen molar-refractivity contribution in [3.05, 3.63) is 65.7 Å². The third-order valence-corrected chi connectivity index (χ3v) is 3.86. The number of para-hydroxylation sites is 1. The average molecular weight is 385 g/mol. The molecule has 0 aliphatic rings. The van der Waals surface area contributed by atoms with Crippen molar-refractivity contribution in [2.24, 2.45) is 0 Å². The predicted octanol–water partition coefficient (Wildman–Crippen LogP) is 0.851. The molecule has 0 saturated heterocycles. The number of anilines is 1. The lowest BCUT2D eigenvalue weighted by Crippen LogP contribution is -2.38. The normalized spacial score (nSPS) is 11.4. The summed E-state index contributed by atoms with van der Waals surface area (Å²) in [6.45, 7) is 0.553. The molecule has 0 aliphatic carbocycles. The number of carbonyl (C=O) groups excluding carboxylic acids is 3. The number of methoxy groups -OCH3 is 1. The van der Waals surface area contributed by atoms with E-state index in [1.165, 1.54) is 19.2 Å². The number of carbonyl (C=O) groups is 3. The van der Waals surface area contributed by atoms with Gasteiger partial charge in [-0.05, 0) is 17.7 Å². The molecule has 28 heavy (non-hydrogen) atoms. The Bertz CT molecular complexity index is 810. The zero-order valence-electron chi connectivity index (χ0n) is 15.5. The van der Waals surface area contributed by atoms with Crippen LogP contribution < -0.4 is 16.0 Å². The molecule has 148 valence electrons. The Hall–Kier alpha value is -3.23. The first kappa shape index (κ1) is 21.1. The van der Waals surface area contributed by atoms with Gasteiger partial charge >= 0.3 is 11.8 Å². The third kappa shape index (κ3) is 6.19. The second-order valence-corrected chi connectivity index (χ2v) is 5.88. The van der Waals surface area contributed by atoms with Crippen molar-refractivity contribution >= 4 is 23.4 Å². The molecule has 8 nitrogen and oxygen atoms in total. The van der Waals surface area contributed by atoms with E-state index in [0.29, 0.717) is 18.7 Å².